The van der Waals surface area contributed by atoms with E-state index in [0.29, 0.717) is 25.3 Å². The Morgan fingerprint density at radius 1 is 1.09 bits per heavy atom. The van der Waals surface area contributed by atoms with Crippen LogP contribution in [0.15, 0.2) is 48.5 Å². The fourth-order valence-corrected chi connectivity index (χ4v) is 5.83. The maximum Gasteiger partial charge on any atom is 0.407 e. The number of rotatable bonds is 8. The fourth-order valence-electron chi connectivity index (χ4n) is 4.62. The van der Waals surface area contributed by atoms with Gasteiger partial charge in [0.2, 0.25) is 5.91 Å². The normalized spacial score (nSPS) is 18.0. The lowest BCUT2D eigenvalue weighted by molar-refractivity contribution is -0.142. The number of carboxylic acids is 1. The smallest absolute Gasteiger partial charge is 0.407 e. The molecule has 1 heterocycles. The molecule has 4 rings (SSSR count). The third kappa shape index (κ3) is 5.37. The Morgan fingerprint density at radius 3 is 2.35 bits per heavy atom. The summed E-state index contributed by atoms with van der Waals surface area (Å²) in [6, 6.07) is 14.7. The number of nitrogens with one attached hydrogen (secondary N) is 1. The van der Waals surface area contributed by atoms with Crippen molar-refractivity contribution in [2.75, 3.05) is 32.1 Å². The molecule has 0 radical (unpaired) electrons. The average Bonchev–Trinajstić information content (AvgIpc) is 3.16. The summed E-state index contributed by atoms with van der Waals surface area (Å²) in [6.07, 6.45) is -0.797. The predicted octanol–water partition coefficient (Wildman–Crippen LogP) is 2.69. The van der Waals surface area contributed by atoms with Crippen LogP contribution in [0.2, 0.25) is 0 Å². The van der Waals surface area contributed by atoms with E-state index in [4.69, 9.17) is 4.74 Å². The number of aliphatic hydroxyl groups excluding tert-OH is 1. The van der Waals surface area contributed by atoms with E-state index in [-0.39, 0.29) is 24.4 Å². The molecule has 180 valence electrons. The number of amides is 2. The van der Waals surface area contributed by atoms with Gasteiger partial charge in [0.05, 0.1) is 6.42 Å². The first-order valence-corrected chi connectivity index (χ1v) is 12.4. The van der Waals surface area contributed by atoms with Crippen LogP contribution in [0.1, 0.15) is 29.9 Å². The number of thioether (sulfide) groups is 1. The lowest BCUT2D eigenvalue weighted by atomic mass is 9.98. The number of aliphatic carboxylic acids is 1. The third-order valence-electron chi connectivity index (χ3n) is 6.21. The van der Waals surface area contributed by atoms with Crippen LogP contribution < -0.4 is 5.32 Å². The van der Waals surface area contributed by atoms with E-state index in [9.17, 15) is 24.6 Å². The molecular weight excluding hydrogens is 456 g/mol. The zero-order valence-electron chi connectivity index (χ0n) is 18.7. The van der Waals surface area contributed by atoms with Gasteiger partial charge in [-0.15, -0.1) is 0 Å². The van der Waals surface area contributed by atoms with Gasteiger partial charge in [-0.3, -0.25) is 9.59 Å². The SMILES string of the molecule is O=C(O)CC(NC(=O)OCC1c2ccccc2-c2ccccc21)C(=O)N1CCSC(CCO)C1. The quantitative estimate of drug-likeness (QED) is 0.528. The van der Waals surface area contributed by atoms with Gasteiger partial charge in [0.25, 0.3) is 0 Å². The second kappa shape index (κ2) is 10.9. The molecule has 1 saturated heterocycles. The number of hydrogen-bond acceptors (Lipinski definition) is 6. The molecule has 2 amide bonds. The molecule has 1 fully saturated rings. The number of nitrogens with zero attached hydrogens (tertiary/aromatic N) is 1. The van der Waals surface area contributed by atoms with Crippen LogP contribution in [0.3, 0.4) is 0 Å². The highest BCUT2D eigenvalue weighted by Gasteiger charge is 2.33. The van der Waals surface area contributed by atoms with Crippen molar-refractivity contribution in [3.05, 3.63) is 59.7 Å². The minimum absolute atomic E-state index is 0.0241. The molecular formula is C25H28N2O6S. The summed E-state index contributed by atoms with van der Waals surface area (Å²) in [4.78, 5) is 38.6. The molecule has 0 bridgehead atoms. The predicted molar refractivity (Wildman–Crippen MR) is 129 cm³/mol. The first kappa shape index (κ1) is 24.1. The number of benzene rings is 2. The van der Waals surface area contributed by atoms with Gasteiger partial charge in [0.15, 0.2) is 0 Å². The number of carbonyl (C=O) groups is 3. The summed E-state index contributed by atoms with van der Waals surface area (Å²) in [6.45, 7) is 0.976. The Labute approximate surface area is 202 Å². The van der Waals surface area contributed by atoms with Crippen LogP contribution in [0.5, 0.6) is 0 Å². The maximum absolute atomic E-state index is 13.0. The van der Waals surface area contributed by atoms with Gasteiger partial charge >= 0.3 is 12.1 Å². The molecule has 0 aromatic heterocycles. The summed E-state index contributed by atoms with van der Waals surface area (Å²) in [7, 11) is 0. The molecule has 8 nitrogen and oxygen atoms in total. The Kier molecular flexibility index (Phi) is 7.74. The van der Waals surface area contributed by atoms with Crippen molar-refractivity contribution in [2.24, 2.45) is 0 Å². The Hall–Kier alpha value is -3.04. The lowest BCUT2D eigenvalue weighted by Crippen LogP contribution is -2.53. The summed E-state index contributed by atoms with van der Waals surface area (Å²) in [5, 5.41) is 21.1. The summed E-state index contributed by atoms with van der Waals surface area (Å²) >= 11 is 1.68. The van der Waals surface area contributed by atoms with Crippen LogP contribution in [0, 0.1) is 0 Å². The number of ether oxygens (including phenoxy) is 1. The van der Waals surface area contributed by atoms with Crippen molar-refractivity contribution in [3.8, 4) is 11.1 Å². The number of alkyl carbamates (subject to hydrolysis) is 1. The van der Waals surface area contributed by atoms with Crippen LogP contribution in [-0.4, -0.2) is 76.4 Å². The lowest BCUT2D eigenvalue weighted by Gasteiger charge is -2.34. The van der Waals surface area contributed by atoms with E-state index in [1.54, 1.807) is 16.7 Å². The molecule has 34 heavy (non-hydrogen) atoms. The first-order valence-electron chi connectivity index (χ1n) is 11.3. The van der Waals surface area contributed by atoms with E-state index in [0.717, 1.165) is 22.3 Å². The van der Waals surface area contributed by atoms with Gasteiger partial charge in [0, 0.05) is 36.6 Å². The van der Waals surface area contributed by atoms with Crippen molar-refractivity contribution < 1.29 is 29.3 Å². The van der Waals surface area contributed by atoms with Gasteiger partial charge in [-0.2, -0.15) is 11.8 Å². The number of aliphatic hydroxyl groups is 1. The molecule has 2 aliphatic rings. The molecule has 2 unspecified atom stereocenters. The first-order chi connectivity index (χ1) is 16.5. The molecule has 3 N–H and O–H groups in total. The zero-order valence-corrected chi connectivity index (χ0v) is 19.5. The maximum atomic E-state index is 13.0. The Bertz CT molecular complexity index is 1010. The van der Waals surface area contributed by atoms with E-state index in [2.05, 4.69) is 5.32 Å². The number of carboxylic acid groups (broad SMARTS) is 1. The van der Waals surface area contributed by atoms with Gasteiger partial charge in [-0.25, -0.2) is 4.79 Å². The third-order valence-corrected chi connectivity index (χ3v) is 7.49. The monoisotopic (exact) mass is 484 g/mol. The van der Waals surface area contributed by atoms with E-state index in [1.807, 2.05) is 48.5 Å². The second-order valence-electron chi connectivity index (χ2n) is 8.41. The summed E-state index contributed by atoms with van der Waals surface area (Å²) < 4.78 is 5.50. The van der Waals surface area contributed by atoms with Crippen LogP contribution >= 0.6 is 11.8 Å². The highest BCUT2D eigenvalue weighted by atomic mass is 32.2. The average molecular weight is 485 g/mol. The largest absolute Gasteiger partial charge is 0.481 e. The highest BCUT2D eigenvalue weighted by molar-refractivity contribution is 8.00. The van der Waals surface area contributed by atoms with Gasteiger partial charge < -0.3 is 25.2 Å². The standard InChI is InChI=1S/C25H28N2O6S/c28-11-9-16-14-27(10-12-34-16)24(31)22(13-23(29)30)26-25(32)33-15-21-19-7-3-1-5-17(19)18-6-2-4-8-20(18)21/h1-8,16,21-22,28H,9-15H2,(H,26,32)(H,29,30). The Balaban J connectivity index is 1.41. The number of hydrogen-bond donors (Lipinski definition) is 3. The van der Waals surface area contributed by atoms with Crippen LogP contribution in [0.4, 0.5) is 4.79 Å². The summed E-state index contributed by atoms with van der Waals surface area (Å²) in [5.74, 6) is -1.07. The van der Waals surface area contributed by atoms with Crippen molar-refractivity contribution >= 4 is 29.7 Å². The van der Waals surface area contributed by atoms with Crippen LogP contribution in [-0.2, 0) is 14.3 Å². The molecule has 1 aliphatic carbocycles. The van der Waals surface area contributed by atoms with E-state index in [1.165, 1.54) is 0 Å². The zero-order chi connectivity index (χ0) is 24.1. The summed E-state index contributed by atoms with van der Waals surface area (Å²) in [5.41, 5.74) is 4.34. The molecule has 0 spiro atoms. The fraction of sp³-hybridized carbons (Fsp3) is 0.400. The topological polar surface area (TPSA) is 116 Å². The highest BCUT2D eigenvalue weighted by Crippen LogP contribution is 2.44. The van der Waals surface area contributed by atoms with Crippen molar-refractivity contribution in [2.45, 2.75) is 30.1 Å². The minimum Gasteiger partial charge on any atom is -0.481 e. The molecule has 0 saturated carbocycles. The van der Waals surface area contributed by atoms with E-state index < -0.39 is 30.4 Å². The van der Waals surface area contributed by atoms with Crippen molar-refractivity contribution in [1.82, 2.24) is 10.2 Å². The van der Waals surface area contributed by atoms with Crippen molar-refractivity contribution in [3.63, 3.8) is 0 Å². The van der Waals surface area contributed by atoms with E-state index >= 15 is 0 Å². The van der Waals surface area contributed by atoms with Crippen LogP contribution in [0.25, 0.3) is 11.1 Å². The molecule has 2 aromatic carbocycles. The minimum atomic E-state index is -1.22. The van der Waals surface area contributed by atoms with Gasteiger partial charge in [-0.1, -0.05) is 48.5 Å². The molecule has 2 atom stereocenters. The molecule has 9 heteroatoms. The number of fused-ring (bicyclic) bond motifs is 3. The molecule has 2 aromatic rings. The van der Waals surface area contributed by atoms with Gasteiger partial charge in [-0.05, 0) is 28.7 Å². The Morgan fingerprint density at radius 2 is 1.74 bits per heavy atom. The molecule has 1 aliphatic heterocycles. The number of carbonyl (C=O) groups excluding carboxylic acids is 2. The second-order valence-corrected chi connectivity index (χ2v) is 9.82. The van der Waals surface area contributed by atoms with Gasteiger partial charge in [0.1, 0.15) is 12.6 Å². The van der Waals surface area contributed by atoms with Crippen molar-refractivity contribution in [1.29, 1.82) is 0 Å².